The lowest BCUT2D eigenvalue weighted by molar-refractivity contribution is 0.921. The Morgan fingerprint density at radius 2 is 1.81 bits per heavy atom. The Bertz CT molecular complexity index is 492. The van der Waals surface area contributed by atoms with E-state index in [1.165, 1.54) is 0 Å². The second-order valence-corrected chi connectivity index (χ2v) is 4.59. The number of halogens is 1. The molecule has 0 spiro atoms. The van der Waals surface area contributed by atoms with Crippen molar-refractivity contribution in [1.82, 2.24) is 9.97 Å². The summed E-state index contributed by atoms with van der Waals surface area (Å²) in [7, 11) is 0. The normalized spacial score (nSPS) is 10.4. The van der Waals surface area contributed by atoms with Crippen molar-refractivity contribution < 1.29 is 0 Å². The van der Waals surface area contributed by atoms with Gasteiger partial charge in [-0.15, -0.1) is 0 Å². The van der Waals surface area contributed by atoms with Gasteiger partial charge in [-0.05, 0) is 25.1 Å². The second kappa shape index (κ2) is 4.74. The molecule has 0 aliphatic carbocycles. The highest BCUT2D eigenvalue weighted by atomic mass is 79.9. The smallest absolute Gasteiger partial charge is 0.128 e. The van der Waals surface area contributed by atoms with E-state index in [1.807, 2.05) is 25.1 Å². The van der Waals surface area contributed by atoms with Gasteiger partial charge in [0.1, 0.15) is 5.82 Å². The molecule has 3 heteroatoms. The Labute approximate surface area is 104 Å². The summed E-state index contributed by atoms with van der Waals surface area (Å²) in [6, 6.07) is 10.2. The molecule has 0 atom stereocenters. The third-order valence-electron chi connectivity index (χ3n) is 2.36. The van der Waals surface area contributed by atoms with Gasteiger partial charge in [0.15, 0.2) is 0 Å². The summed E-state index contributed by atoms with van der Waals surface area (Å²) in [4.78, 5) is 8.90. The summed E-state index contributed by atoms with van der Waals surface area (Å²) in [5, 5.41) is 0. The van der Waals surface area contributed by atoms with Crippen LogP contribution in [0.2, 0.25) is 0 Å². The monoisotopic (exact) mass is 276 g/mol. The average molecular weight is 277 g/mol. The maximum Gasteiger partial charge on any atom is 0.128 e. The Hall–Kier alpha value is -1.22. The van der Waals surface area contributed by atoms with E-state index >= 15 is 0 Å². The Morgan fingerprint density at radius 3 is 2.44 bits per heavy atom. The number of benzene rings is 1. The predicted molar refractivity (Wildman–Crippen MR) is 69.3 cm³/mol. The Balaban J connectivity index is 2.47. The van der Waals surface area contributed by atoms with Gasteiger partial charge in [-0.1, -0.05) is 35.0 Å². The fraction of sp³-hybridized carbons (Fsp3) is 0.231. The summed E-state index contributed by atoms with van der Waals surface area (Å²) < 4.78 is 1.08. The van der Waals surface area contributed by atoms with Crippen molar-refractivity contribution in [3.63, 3.8) is 0 Å². The van der Waals surface area contributed by atoms with Gasteiger partial charge in [-0.3, -0.25) is 0 Å². The topological polar surface area (TPSA) is 25.8 Å². The summed E-state index contributed by atoms with van der Waals surface area (Å²) in [6.45, 7) is 4.07. The zero-order chi connectivity index (χ0) is 11.5. The molecule has 1 heterocycles. The van der Waals surface area contributed by atoms with Crippen LogP contribution in [0.5, 0.6) is 0 Å². The molecule has 0 aliphatic rings. The minimum absolute atomic E-state index is 0.866. The van der Waals surface area contributed by atoms with Crippen molar-refractivity contribution >= 4 is 15.9 Å². The molecule has 2 nitrogen and oxygen atoms in total. The lowest BCUT2D eigenvalue weighted by atomic mass is 10.1. The van der Waals surface area contributed by atoms with Gasteiger partial charge in [0.2, 0.25) is 0 Å². The van der Waals surface area contributed by atoms with Crippen molar-refractivity contribution in [3.05, 3.63) is 46.3 Å². The Morgan fingerprint density at radius 1 is 1.12 bits per heavy atom. The van der Waals surface area contributed by atoms with Gasteiger partial charge in [-0.25, -0.2) is 9.97 Å². The van der Waals surface area contributed by atoms with E-state index < -0.39 is 0 Å². The lowest BCUT2D eigenvalue weighted by Gasteiger charge is -2.04. The van der Waals surface area contributed by atoms with E-state index in [4.69, 9.17) is 0 Å². The van der Waals surface area contributed by atoms with Crippen LogP contribution in [0.25, 0.3) is 11.3 Å². The highest BCUT2D eigenvalue weighted by Gasteiger charge is 2.03. The van der Waals surface area contributed by atoms with Crippen molar-refractivity contribution in [2.24, 2.45) is 0 Å². The number of aryl methyl sites for hydroxylation is 2. The maximum absolute atomic E-state index is 4.53. The van der Waals surface area contributed by atoms with Gasteiger partial charge in [0.25, 0.3) is 0 Å². The highest BCUT2D eigenvalue weighted by Crippen LogP contribution is 2.20. The van der Waals surface area contributed by atoms with Crippen LogP contribution in [0, 0.1) is 6.92 Å². The van der Waals surface area contributed by atoms with E-state index in [1.54, 1.807) is 0 Å². The van der Waals surface area contributed by atoms with Crippen molar-refractivity contribution in [3.8, 4) is 11.3 Å². The summed E-state index contributed by atoms with van der Waals surface area (Å²) in [5.41, 5.74) is 3.14. The molecule has 0 unspecified atom stereocenters. The average Bonchev–Trinajstić information content (AvgIpc) is 2.29. The molecule has 0 radical (unpaired) electrons. The first kappa shape index (κ1) is 11.3. The predicted octanol–water partition coefficient (Wildman–Crippen LogP) is 3.78. The zero-order valence-electron chi connectivity index (χ0n) is 9.37. The number of nitrogens with zero attached hydrogens (tertiary/aromatic N) is 2. The molecule has 2 aromatic rings. The van der Waals surface area contributed by atoms with Gasteiger partial charge in [0.05, 0.1) is 5.69 Å². The van der Waals surface area contributed by atoms with E-state index in [2.05, 4.69) is 45.0 Å². The first-order chi connectivity index (χ1) is 7.69. The summed E-state index contributed by atoms with van der Waals surface area (Å²) in [6.07, 6.45) is 0.866. The maximum atomic E-state index is 4.53. The molecular weight excluding hydrogens is 264 g/mol. The van der Waals surface area contributed by atoms with E-state index in [-0.39, 0.29) is 0 Å². The summed E-state index contributed by atoms with van der Waals surface area (Å²) >= 11 is 3.43. The highest BCUT2D eigenvalue weighted by molar-refractivity contribution is 9.10. The fourth-order valence-electron chi connectivity index (χ4n) is 1.56. The minimum Gasteiger partial charge on any atom is -0.238 e. The molecule has 0 fully saturated rings. The molecule has 0 N–H and O–H groups in total. The molecule has 0 bridgehead atoms. The lowest BCUT2D eigenvalue weighted by Crippen LogP contribution is -1.97. The first-order valence-electron chi connectivity index (χ1n) is 5.29. The minimum atomic E-state index is 0.866. The SMILES string of the molecule is CCc1nc(C)cc(-c2ccc(Br)cc2)n1. The van der Waals surface area contributed by atoms with E-state index in [9.17, 15) is 0 Å². The molecule has 16 heavy (non-hydrogen) atoms. The summed E-state index contributed by atoms with van der Waals surface area (Å²) in [5.74, 6) is 0.901. The van der Waals surface area contributed by atoms with Crippen molar-refractivity contribution in [2.45, 2.75) is 20.3 Å². The van der Waals surface area contributed by atoms with Crippen LogP contribution in [0.3, 0.4) is 0 Å². The van der Waals surface area contributed by atoms with Gasteiger partial charge in [-0.2, -0.15) is 0 Å². The molecule has 1 aromatic carbocycles. The van der Waals surface area contributed by atoms with E-state index in [0.717, 1.165) is 33.7 Å². The number of aromatic nitrogens is 2. The van der Waals surface area contributed by atoms with Gasteiger partial charge in [0, 0.05) is 22.2 Å². The third-order valence-corrected chi connectivity index (χ3v) is 2.89. The van der Waals surface area contributed by atoms with Crippen LogP contribution in [0.1, 0.15) is 18.4 Å². The van der Waals surface area contributed by atoms with Crippen LogP contribution >= 0.6 is 15.9 Å². The van der Waals surface area contributed by atoms with Crippen LogP contribution in [0.15, 0.2) is 34.8 Å². The van der Waals surface area contributed by atoms with Crippen molar-refractivity contribution in [1.29, 1.82) is 0 Å². The molecular formula is C13H13BrN2. The molecule has 0 saturated heterocycles. The van der Waals surface area contributed by atoms with E-state index in [0.29, 0.717) is 0 Å². The molecule has 0 amide bonds. The first-order valence-corrected chi connectivity index (χ1v) is 6.09. The van der Waals surface area contributed by atoms with Crippen LogP contribution in [-0.4, -0.2) is 9.97 Å². The Kier molecular flexibility index (Phi) is 3.34. The fourth-order valence-corrected chi connectivity index (χ4v) is 1.82. The van der Waals surface area contributed by atoms with Gasteiger partial charge < -0.3 is 0 Å². The van der Waals surface area contributed by atoms with Crippen molar-refractivity contribution in [2.75, 3.05) is 0 Å². The standard InChI is InChI=1S/C13H13BrN2/c1-3-13-15-9(2)8-12(16-13)10-4-6-11(14)7-5-10/h4-8H,3H2,1-2H3. The largest absolute Gasteiger partial charge is 0.238 e. The molecule has 0 saturated carbocycles. The quantitative estimate of drug-likeness (QED) is 0.834. The molecule has 2 rings (SSSR count). The number of rotatable bonds is 2. The number of hydrogen-bond acceptors (Lipinski definition) is 2. The molecule has 82 valence electrons. The van der Waals surface area contributed by atoms with Crippen LogP contribution < -0.4 is 0 Å². The second-order valence-electron chi connectivity index (χ2n) is 3.67. The molecule has 1 aromatic heterocycles. The zero-order valence-corrected chi connectivity index (χ0v) is 11.0. The van der Waals surface area contributed by atoms with Crippen LogP contribution in [0.4, 0.5) is 0 Å². The van der Waals surface area contributed by atoms with Crippen LogP contribution in [-0.2, 0) is 6.42 Å². The molecule has 0 aliphatic heterocycles. The third kappa shape index (κ3) is 2.47. The number of hydrogen-bond donors (Lipinski definition) is 0. The van der Waals surface area contributed by atoms with Gasteiger partial charge >= 0.3 is 0 Å².